The molecule has 2 aromatic carbocycles. The number of halogens is 2. The summed E-state index contributed by atoms with van der Waals surface area (Å²) in [4.78, 5) is 0. The van der Waals surface area contributed by atoms with E-state index >= 15 is 0 Å². The Kier molecular flexibility index (Phi) is 3.72. The molecule has 0 saturated carbocycles. The molecule has 0 heterocycles. The average molecular weight is 311 g/mol. The topological polar surface area (TPSA) is 47.3 Å². The van der Waals surface area contributed by atoms with Crippen LogP contribution in [0.3, 0.4) is 0 Å². The standard InChI is InChI=1S/C13H12BrFN2O/c1-18-9-3-5-11(16)13(7-9)17-12-6-8(14)2-4-10(12)15/h2-7,17H,16H2,1H3. The molecule has 94 valence electrons. The van der Waals surface area contributed by atoms with Gasteiger partial charge in [0.1, 0.15) is 11.6 Å². The maximum atomic E-state index is 13.6. The fourth-order valence-corrected chi connectivity index (χ4v) is 1.87. The van der Waals surface area contributed by atoms with Gasteiger partial charge >= 0.3 is 0 Å². The predicted octanol–water partition coefficient (Wildman–Crippen LogP) is 3.92. The first-order valence-electron chi connectivity index (χ1n) is 5.26. The average Bonchev–Trinajstić information content (AvgIpc) is 2.36. The first kappa shape index (κ1) is 12.7. The van der Waals surface area contributed by atoms with Gasteiger partial charge in [0.05, 0.1) is 24.2 Å². The zero-order valence-corrected chi connectivity index (χ0v) is 11.3. The Morgan fingerprint density at radius 3 is 2.67 bits per heavy atom. The largest absolute Gasteiger partial charge is 0.497 e. The number of benzene rings is 2. The van der Waals surface area contributed by atoms with Gasteiger partial charge in [0, 0.05) is 10.5 Å². The maximum absolute atomic E-state index is 13.6. The highest BCUT2D eigenvalue weighted by Gasteiger charge is 2.06. The third-order valence-electron chi connectivity index (χ3n) is 2.46. The number of nitrogens with two attached hydrogens (primary N) is 1. The molecule has 0 bridgehead atoms. The van der Waals surface area contributed by atoms with Gasteiger partial charge in [-0.15, -0.1) is 0 Å². The summed E-state index contributed by atoms with van der Waals surface area (Å²) in [6.45, 7) is 0. The summed E-state index contributed by atoms with van der Waals surface area (Å²) in [7, 11) is 1.56. The van der Waals surface area contributed by atoms with Crippen LogP contribution in [-0.4, -0.2) is 7.11 Å². The number of hydrogen-bond acceptors (Lipinski definition) is 3. The van der Waals surface area contributed by atoms with Crippen LogP contribution in [0.15, 0.2) is 40.9 Å². The van der Waals surface area contributed by atoms with Crippen molar-refractivity contribution in [3.8, 4) is 5.75 Å². The summed E-state index contributed by atoms with van der Waals surface area (Å²) in [5, 5.41) is 2.95. The molecule has 0 saturated heterocycles. The normalized spacial score (nSPS) is 10.2. The van der Waals surface area contributed by atoms with Gasteiger partial charge in [0.15, 0.2) is 0 Å². The molecule has 0 aliphatic carbocycles. The van der Waals surface area contributed by atoms with Crippen molar-refractivity contribution >= 4 is 33.0 Å². The summed E-state index contributed by atoms with van der Waals surface area (Å²) in [5.41, 5.74) is 7.31. The fourth-order valence-electron chi connectivity index (χ4n) is 1.51. The molecule has 2 aromatic rings. The van der Waals surface area contributed by atoms with Crippen molar-refractivity contribution in [2.45, 2.75) is 0 Å². The minimum atomic E-state index is -0.347. The molecule has 3 nitrogen and oxygen atoms in total. The van der Waals surface area contributed by atoms with E-state index in [1.807, 2.05) is 0 Å². The fraction of sp³-hybridized carbons (Fsp3) is 0.0769. The van der Waals surface area contributed by atoms with E-state index in [-0.39, 0.29) is 5.82 Å². The lowest BCUT2D eigenvalue weighted by atomic mass is 10.2. The first-order chi connectivity index (χ1) is 8.60. The molecule has 0 aliphatic rings. The quantitative estimate of drug-likeness (QED) is 0.845. The van der Waals surface area contributed by atoms with E-state index in [0.29, 0.717) is 22.8 Å². The van der Waals surface area contributed by atoms with E-state index in [2.05, 4.69) is 21.2 Å². The Morgan fingerprint density at radius 1 is 1.17 bits per heavy atom. The number of ether oxygens (including phenoxy) is 1. The van der Waals surface area contributed by atoms with Gasteiger partial charge in [-0.05, 0) is 30.3 Å². The Hall–Kier alpha value is -1.75. The second-order valence-corrected chi connectivity index (χ2v) is 4.62. The highest BCUT2D eigenvalue weighted by molar-refractivity contribution is 9.10. The van der Waals surface area contributed by atoms with E-state index in [9.17, 15) is 4.39 Å². The molecule has 0 amide bonds. The number of rotatable bonds is 3. The van der Waals surface area contributed by atoms with E-state index in [0.717, 1.165) is 4.47 Å². The zero-order chi connectivity index (χ0) is 13.1. The smallest absolute Gasteiger partial charge is 0.146 e. The third-order valence-corrected chi connectivity index (χ3v) is 2.95. The van der Waals surface area contributed by atoms with Crippen molar-refractivity contribution in [2.75, 3.05) is 18.2 Å². The Balaban J connectivity index is 2.36. The van der Waals surface area contributed by atoms with E-state index in [4.69, 9.17) is 10.5 Å². The third kappa shape index (κ3) is 2.73. The van der Waals surface area contributed by atoms with Gasteiger partial charge in [-0.3, -0.25) is 0 Å². The number of methoxy groups -OCH3 is 1. The SMILES string of the molecule is COc1ccc(N)c(Nc2cc(Br)ccc2F)c1. The molecule has 0 spiro atoms. The van der Waals surface area contributed by atoms with Crippen molar-refractivity contribution in [3.05, 3.63) is 46.7 Å². The van der Waals surface area contributed by atoms with E-state index in [1.165, 1.54) is 6.07 Å². The first-order valence-corrected chi connectivity index (χ1v) is 6.05. The minimum Gasteiger partial charge on any atom is -0.497 e. The highest BCUT2D eigenvalue weighted by atomic mass is 79.9. The summed E-state index contributed by atoms with van der Waals surface area (Å²) in [6, 6.07) is 9.83. The van der Waals surface area contributed by atoms with Crippen LogP contribution in [-0.2, 0) is 0 Å². The van der Waals surface area contributed by atoms with Crippen molar-refractivity contribution in [3.63, 3.8) is 0 Å². The summed E-state index contributed by atoms with van der Waals surface area (Å²) in [5.74, 6) is 0.308. The van der Waals surface area contributed by atoms with Crippen molar-refractivity contribution in [2.24, 2.45) is 0 Å². The van der Waals surface area contributed by atoms with Gasteiger partial charge in [0.25, 0.3) is 0 Å². The summed E-state index contributed by atoms with van der Waals surface area (Å²) in [6.07, 6.45) is 0. The van der Waals surface area contributed by atoms with Crippen LogP contribution in [0.4, 0.5) is 21.5 Å². The van der Waals surface area contributed by atoms with Crippen LogP contribution in [0.5, 0.6) is 5.75 Å². The molecule has 18 heavy (non-hydrogen) atoms. The predicted molar refractivity (Wildman–Crippen MR) is 74.8 cm³/mol. The van der Waals surface area contributed by atoms with E-state index in [1.54, 1.807) is 37.4 Å². The lowest BCUT2D eigenvalue weighted by Gasteiger charge is -2.12. The molecule has 0 unspecified atom stereocenters. The molecule has 5 heteroatoms. The van der Waals surface area contributed by atoms with Crippen molar-refractivity contribution in [1.29, 1.82) is 0 Å². The lowest BCUT2D eigenvalue weighted by molar-refractivity contribution is 0.415. The molecule has 0 atom stereocenters. The van der Waals surface area contributed by atoms with Crippen LogP contribution < -0.4 is 15.8 Å². The monoisotopic (exact) mass is 310 g/mol. The lowest BCUT2D eigenvalue weighted by Crippen LogP contribution is -1.99. The Bertz CT molecular complexity index is 575. The van der Waals surface area contributed by atoms with Gasteiger partial charge in [-0.1, -0.05) is 15.9 Å². The molecule has 3 N–H and O–H groups in total. The van der Waals surface area contributed by atoms with Gasteiger partial charge in [-0.2, -0.15) is 0 Å². The van der Waals surface area contributed by atoms with Crippen LogP contribution in [0, 0.1) is 5.82 Å². The van der Waals surface area contributed by atoms with Gasteiger partial charge < -0.3 is 15.8 Å². The van der Waals surface area contributed by atoms with Crippen LogP contribution in [0.25, 0.3) is 0 Å². The number of hydrogen-bond donors (Lipinski definition) is 2. The number of nitrogen functional groups attached to an aromatic ring is 1. The number of nitrogens with one attached hydrogen (secondary N) is 1. The Labute approximate surface area is 113 Å². The minimum absolute atomic E-state index is 0.347. The van der Waals surface area contributed by atoms with Gasteiger partial charge in [0.2, 0.25) is 0 Å². The van der Waals surface area contributed by atoms with Crippen LogP contribution >= 0.6 is 15.9 Å². The van der Waals surface area contributed by atoms with Crippen LogP contribution in [0.2, 0.25) is 0 Å². The highest BCUT2D eigenvalue weighted by Crippen LogP contribution is 2.30. The maximum Gasteiger partial charge on any atom is 0.146 e. The molecule has 2 rings (SSSR count). The molecule has 0 aliphatic heterocycles. The van der Waals surface area contributed by atoms with Crippen molar-refractivity contribution in [1.82, 2.24) is 0 Å². The second kappa shape index (κ2) is 5.27. The van der Waals surface area contributed by atoms with Crippen molar-refractivity contribution < 1.29 is 9.13 Å². The summed E-state index contributed by atoms with van der Waals surface area (Å²) < 4.78 is 19.5. The molecule has 0 aromatic heterocycles. The molecule has 0 fully saturated rings. The van der Waals surface area contributed by atoms with Gasteiger partial charge in [-0.25, -0.2) is 4.39 Å². The molecular weight excluding hydrogens is 299 g/mol. The van der Waals surface area contributed by atoms with E-state index < -0.39 is 0 Å². The molecule has 0 radical (unpaired) electrons. The van der Waals surface area contributed by atoms with Crippen LogP contribution in [0.1, 0.15) is 0 Å². The number of anilines is 3. The Morgan fingerprint density at radius 2 is 1.94 bits per heavy atom. The second-order valence-electron chi connectivity index (χ2n) is 3.70. The molecular formula is C13H12BrFN2O. The zero-order valence-electron chi connectivity index (χ0n) is 9.71. The summed E-state index contributed by atoms with van der Waals surface area (Å²) >= 11 is 3.29.